The highest BCUT2D eigenvalue weighted by atomic mass is 16.5. The topological polar surface area (TPSA) is 53.3 Å². The Kier molecular flexibility index (Phi) is 4.95. The van der Waals surface area contributed by atoms with Crippen molar-refractivity contribution in [2.45, 2.75) is 57.3 Å². The zero-order valence-electron chi connectivity index (χ0n) is 16.5. The highest BCUT2D eigenvalue weighted by Crippen LogP contribution is 2.34. The Morgan fingerprint density at radius 1 is 1.14 bits per heavy atom. The smallest absolute Gasteiger partial charge is 0.254 e. The molecule has 1 saturated heterocycles. The zero-order chi connectivity index (χ0) is 19.7. The predicted molar refractivity (Wildman–Crippen MR) is 108 cm³/mol. The van der Waals surface area contributed by atoms with Crippen molar-refractivity contribution in [3.8, 4) is 6.07 Å². The van der Waals surface area contributed by atoms with E-state index in [1.807, 2.05) is 55.1 Å². The molecule has 28 heavy (non-hydrogen) atoms. The molecule has 0 N–H and O–H groups in total. The summed E-state index contributed by atoms with van der Waals surface area (Å²) in [7, 11) is 0. The minimum atomic E-state index is -0.487. The van der Waals surface area contributed by atoms with Gasteiger partial charge in [-0.25, -0.2) is 0 Å². The summed E-state index contributed by atoms with van der Waals surface area (Å²) < 4.78 is 6.37. The average molecular weight is 374 g/mol. The number of hydrogen-bond donors (Lipinski definition) is 0. The van der Waals surface area contributed by atoms with E-state index in [2.05, 4.69) is 18.2 Å². The van der Waals surface area contributed by atoms with Crippen LogP contribution < -0.4 is 0 Å². The van der Waals surface area contributed by atoms with Crippen molar-refractivity contribution in [3.63, 3.8) is 0 Å². The maximum Gasteiger partial charge on any atom is 0.254 e. The summed E-state index contributed by atoms with van der Waals surface area (Å²) in [6.45, 7) is 5.18. The number of nitriles is 1. The second kappa shape index (κ2) is 7.41. The van der Waals surface area contributed by atoms with Crippen LogP contribution in [0.25, 0.3) is 0 Å². The van der Waals surface area contributed by atoms with Crippen LogP contribution in [0.15, 0.2) is 48.5 Å². The SMILES string of the molecule is CC(C)(C#N)c1ccc(C2CCCC(CN3Cc4ccccc4C3=O)O2)cc1. The number of ether oxygens (including phenoxy) is 1. The number of nitrogens with zero attached hydrogens (tertiary/aromatic N) is 2. The van der Waals surface area contributed by atoms with Crippen molar-refractivity contribution in [2.24, 2.45) is 0 Å². The zero-order valence-corrected chi connectivity index (χ0v) is 16.5. The molecule has 2 aliphatic heterocycles. The standard InChI is InChI=1S/C24H26N2O2/c1-24(2,16-25)19-12-10-17(11-13-19)22-9-5-7-20(28-22)15-26-14-18-6-3-4-8-21(18)23(26)27/h3-4,6,8,10-13,20,22H,5,7,9,14-15H2,1-2H3. The van der Waals surface area contributed by atoms with E-state index in [-0.39, 0.29) is 18.1 Å². The van der Waals surface area contributed by atoms with Crippen LogP contribution in [0.2, 0.25) is 0 Å². The van der Waals surface area contributed by atoms with Gasteiger partial charge in [0.05, 0.1) is 23.7 Å². The van der Waals surface area contributed by atoms with Gasteiger partial charge in [0.25, 0.3) is 5.91 Å². The van der Waals surface area contributed by atoms with Crippen LogP contribution in [-0.4, -0.2) is 23.5 Å². The molecule has 0 saturated carbocycles. The molecule has 0 aliphatic carbocycles. The fraction of sp³-hybridized carbons (Fsp3) is 0.417. The van der Waals surface area contributed by atoms with Gasteiger partial charge >= 0.3 is 0 Å². The van der Waals surface area contributed by atoms with Crippen molar-refractivity contribution in [1.29, 1.82) is 5.26 Å². The maximum absolute atomic E-state index is 12.6. The largest absolute Gasteiger partial charge is 0.368 e. The van der Waals surface area contributed by atoms with Crippen LogP contribution >= 0.6 is 0 Å². The number of benzene rings is 2. The van der Waals surface area contributed by atoms with Gasteiger partial charge in [-0.15, -0.1) is 0 Å². The first-order chi connectivity index (χ1) is 13.5. The Labute approximate surface area is 166 Å². The Morgan fingerprint density at radius 3 is 2.61 bits per heavy atom. The van der Waals surface area contributed by atoms with Gasteiger partial charge in [0.1, 0.15) is 0 Å². The van der Waals surface area contributed by atoms with Crippen LogP contribution in [0.3, 0.4) is 0 Å². The molecule has 0 spiro atoms. The summed E-state index contributed by atoms with van der Waals surface area (Å²) >= 11 is 0. The fourth-order valence-corrected chi connectivity index (χ4v) is 4.17. The quantitative estimate of drug-likeness (QED) is 0.776. The monoisotopic (exact) mass is 374 g/mol. The van der Waals surface area contributed by atoms with Crippen LogP contribution in [-0.2, 0) is 16.7 Å². The molecule has 2 atom stereocenters. The van der Waals surface area contributed by atoms with Crippen LogP contribution in [0.1, 0.15) is 66.3 Å². The van der Waals surface area contributed by atoms with E-state index in [0.717, 1.165) is 41.5 Å². The first-order valence-electron chi connectivity index (χ1n) is 10.0. The number of amides is 1. The first kappa shape index (κ1) is 18.7. The van der Waals surface area contributed by atoms with Crippen LogP contribution in [0.5, 0.6) is 0 Å². The van der Waals surface area contributed by atoms with Crippen molar-refractivity contribution in [3.05, 3.63) is 70.8 Å². The summed E-state index contributed by atoms with van der Waals surface area (Å²) in [5.74, 6) is 0.115. The lowest BCUT2D eigenvalue weighted by atomic mass is 9.85. The molecule has 1 fully saturated rings. The molecule has 144 valence electrons. The maximum atomic E-state index is 12.6. The molecular formula is C24H26N2O2. The Hall–Kier alpha value is -2.64. The molecule has 2 unspecified atom stereocenters. The van der Waals surface area contributed by atoms with Gasteiger partial charge in [-0.3, -0.25) is 4.79 Å². The van der Waals surface area contributed by atoms with Crippen LogP contribution in [0.4, 0.5) is 0 Å². The fourth-order valence-electron chi connectivity index (χ4n) is 4.17. The van der Waals surface area contributed by atoms with Gasteiger partial charge in [-0.2, -0.15) is 5.26 Å². The van der Waals surface area contributed by atoms with Crippen molar-refractivity contribution in [2.75, 3.05) is 6.54 Å². The van der Waals surface area contributed by atoms with E-state index in [4.69, 9.17) is 4.74 Å². The number of fused-ring (bicyclic) bond motifs is 1. The molecule has 4 nitrogen and oxygen atoms in total. The second-order valence-corrected chi connectivity index (χ2v) is 8.38. The molecule has 2 aliphatic rings. The van der Waals surface area contributed by atoms with Crippen molar-refractivity contribution < 1.29 is 9.53 Å². The van der Waals surface area contributed by atoms with E-state index < -0.39 is 5.41 Å². The molecule has 2 aromatic carbocycles. The Bertz CT molecular complexity index is 911. The molecule has 2 heterocycles. The molecule has 0 aromatic heterocycles. The minimum Gasteiger partial charge on any atom is -0.368 e. The molecular weight excluding hydrogens is 348 g/mol. The van der Waals surface area contributed by atoms with E-state index in [9.17, 15) is 10.1 Å². The third-order valence-corrected chi connectivity index (χ3v) is 5.95. The van der Waals surface area contributed by atoms with Gasteiger partial charge in [0, 0.05) is 18.7 Å². The van der Waals surface area contributed by atoms with E-state index in [0.29, 0.717) is 13.1 Å². The average Bonchev–Trinajstić information content (AvgIpc) is 3.04. The summed E-state index contributed by atoms with van der Waals surface area (Å²) in [4.78, 5) is 14.5. The van der Waals surface area contributed by atoms with Gasteiger partial charge in [0.2, 0.25) is 0 Å². The summed E-state index contributed by atoms with van der Waals surface area (Å²) in [6.07, 6.45) is 3.18. The van der Waals surface area contributed by atoms with Gasteiger partial charge in [-0.05, 0) is 55.9 Å². The van der Waals surface area contributed by atoms with Gasteiger partial charge in [0.15, 0.2) is 0 Å². The van der Waals surface area contributed by atoms with E-state index in [1.165, 1.54) is 0 Å². The van der Waals surface area contributed by atoms with E-state index >= 15 is 0 Å². The van der Waals surface area contributed by atoms with Crippen molar-refractivity contribution in [1.82, 2.24) is 4.90 Å². The lowest BCUT2D eigenvalue weighted by Crippen LogP contribution is -2.36. The summed E-state index contributed by atoms with van der Waals surface area (Å²) in [5, 5.41) is 9.32. The summed E-state index contributed by atoms with van der Waals surface area (Å²) in [5.41, 5.74) is 3.62. The molecule has 2 aromatic rings. The molecule has 0 radical (unpaired) electrons. The van der Waals surface area contributed by atoms with Crippen LogP contribution in [0, 0.1) is 11.3 Å². The predicted octanol–water partition coefficient (Wildman–Crippen LogP) is 4.75. The molecule has 4 heteroatoms. The normalized spacial score (nSPS) is 22.0. The summed E-state index contributed by atoms with van der Waals surface area (Å²) in [6, 6.07) is 18.4. The highest BCUT2D eigenvalue weighted by molar-refractivity contribution is 5.98. The molecule has 4 rings (SSSR count). The van der Waals surface area contributed by atoms with Gasteiger partial charge in [-0.1, -0.05) is 42.5 Å². The number of carbonyl (C=O) groups is 1. The second-order valence-electron chi connectivity index (χ2n) is 8.38. The lowest BCUT2D eigenvalue weighted by molar-refractivity contribution is -0.0617. The first-order valence-corrected chi connectivity index (χ1v) is 10.0. The minimum absolute atomic E-state index is 0.0538. The Morgan fingerprint density at radius 2 is 1.89 bits per heavy atom. The number of rotatable bonds is 4. The number of carbonyl (C=O) groups excluding carboxylic acids is 1. The lowest BCUT2D eigenvalue weighted by Gasteiger charge is -2.33. The third kappa shape index (κ3) is 3.55. The Balaban J connectivity index is 1.41. The van der Waals surface area contributed by atoms with E-state index in [1.54, 1.807) is 0 Å². The third-order valence-electron chi connectivity index (χ3n) is 5.95. The number of hydrogen-bond acceptors (Lipinski definition) is 3. The molecule has 0 bridgehead atoms. The molecule has 1 amide bonds. The van der Waals surface area contributed by atoms with Crippen molar-refractivity contribution >= 4 is 5.91 Å². The highest BCUT2D eigenvalue weighted by Gasteiger charge is 2.32. The van der Waals surface area contributed by atoms with Gasteiger partial charge < -0.3 is 9.64 Å².